The Labute approximate surface area is 341 Å². The molecule has 0 saturated heterocycles. The zero-order valence-electron chi connectivity index (χ0n) is 27.9. The molecular formula is C38H34Cl6N2O6S. The van der Waals surface area contributed by atoms with Crippen molar-refractivity contribution in [2.75, 3.05) is 52.6 Å². The fraction of sp³-hybridized carbons (Fsp3) is 0.211. The fourth-order valence-electron chi connectivity index (χ4n) is 5.31. The molecule has 280 valence electrons. The van der Waals surface area contributed by atoms with Crippen molar-refractivity contribution < 1.29 is 30.0 Å². The van der Waals surface area contributed by atoms with Gasteiger partial charge in [0.05, 0.1) is 36.5 Å². The molecule has 4 rings (SSSR count). The van der Waals surface area contributed by atoms with E-state index in [0.29, 0.717) is 73.3 Å². The summed E-state index contributed by atoms with van der Waals surface area (Å²) >= 11 is 41.4. The number of carbonyl (C=O) groups is 2. The third-order valence-corrected chi connectivity index (χ3v) is 11.0. The van der Waals surface area contributed by atoms with E-state index in [1.54, 1.807) is 72.8 Å². The van der Waals surface area contributed by atoms with Crippen LogP contribution in [-0.4, -0.2) is 94.6 Å². The van der Waals surface area contributed by atoms with Crippen LogP contribution in [0.5, 0.6) is 0 Å². The second-order valence-corrected chi connectivity index (χ2v) is 14.8. The van der Waals surface area contributed by atoms with Gasteiger partial charge in [-0.1, -0.05) is 106 Å². The second-order valence-electron chi connectivity index (χ2n) is 11.2. The molecule has 4 aromatic carbocycles. The number of rotatable bonds is 16. The van der Waals surface area contributed by atoms with Crippen LogP contribution in [0.25, 0.3) is 34.4 Å². The molecule has 0 aliphatic heterocycles. The lowest BCUT2D eigenvalue weighted by molar-refractivity contribution is -0.127. The molecule has 15 heteroatoms. The highest BCUT2D eigenvalue weighted by Gasteiger charge is 2.21. The van der Waals surface area contributed by atoms with E-state index in [-0.39, 0.29) is 52.6 Å². The van der Waals surface area contributed by atoms with E-state index in [0.717, 1.165) is 0 Å². The lowest BCUT2D eigenvalue weighted by atomic mass is 9.98. The molecule has 0 unspecified atom stereocenters. The maximum Gasteiger partial charge on any atom is 0.246 e. The summed E-state index contributed by atoms with van der Waals surface area (Å²) in [6.45, 7) is -0.844. The van der Waals surface area contributed by atoms with Crippen molar-refractivity contribution in [2.45, 2.75) is 9.79 Å². The molecule has 0 aliphatic rings. The third-order valence-electron chi connectivity index (χ3n) is 7.81. The van der Waals surface area contributed by atoms with Crippen molar-refractivity contribution in [3.05, 3.63) is 114 Å². The minimum absolute atomic E-state index is 0.0523. The molecule has 4 N–H and O–H groups in total. The van der Waals surface area contributed by atoms with Gasteiger partial charge in [0.25, 0.3) is 0 Å². The number of hydrogen-bond donors (Lipinski definition) is 4. The summed E-state index contributed by atoms with van der Waals surface area (Å²) in [5.74, 6) is -0.831. The van der Waals surface area contributed by atoms with Crippen molar-refractivity contribution in [3.63, 3.8) is 0 Å². The predicted molar refractivity (Wildman–Crippen MR) is 218 cm³/mol. The van der Waals surface area contributed by atoms with Gasteiger partial charge in [0.1, 0.15) is 0 Å². The van der Waals surface area contributed by atoms with Gasteiger partial charge in [-0.05, 0) is 59.7 Å². The average Bonchev–Trinajstić information content (AvgIpc) is 3.12. The van der Waals surface area contributed by atoms with E-state index in [9.17, 15) is 30.0 Å². The average molecular weight is 859 g/mol. The van der Waals surface area contributed by atoms with E-state index in [1.165, 1.54) is 33.7 Å². The minimum atomic E-state index is -0.415. The number of nitrogens with zero attached hydrogens (tertiary/aromatic N) is 2. The summed E-state index contributed by atoms with van der Waals surface area (Å²) in [6, 6.07) is 17.1. The van der Waals surface area contributed by atoms with Gasteiger partial charge < -0.3 is 30.2 Å². The van der Waals surface area contributed by atoms with Gasteiger partial charge in [-0.15, -0.1) is 0 Å². The number of carbonyl (C=O) groups excluding carboxylic acids is 2. The number of benzene rings is 4. The number of hydrogen-bond acceptors (Lipinski definition) is 7. The molecule has 53 heavy (non-hydrogen) atoms. The van der Waals surface area contributed by atoms with E-state index in [2.05, 4.69) is 0 Å². The van der Waals surface area contributed by atoms with Crippen LogP contribution in [-0.2, 0) is 9.59 Å². The lowest BCUT2D eigenvalue weighted by Gasteiger charge is -2.19. The topological polar surface area (TPSA) is 122 Å². The van der Waals surface area contributed by atoms with Crippen LogP contribution < -0.4 is 0 Å². The predicted octanol–water partition coefficient (Wildman–Crippen LogP) is 8.74. The number of halogens is 6. The molecule has 8 nitrogen and oxygen atoms in total. The summed E-state index contributed by atoms with van der Waals surface area (Å²) in [6.07, 6.45) is 5.84. The zero-order valence-corrected chi connectivity index (χ0v) is 33.3. The normalized spacial score (nSPS) is 11.5. The smallest absolute Gasteiger partial charge is 0.246 e. The Kier molecular flexibility index (Phi) is 16.8. The van der Waals surface area contributed by atoms with Crippen molar-refractivity contribution in [3.8, 4) is 22.3 Å². The molecule has 0 aromatic heterocycles. The van der Waals surface area contributed by atoms with Crippen LogP contribution in [0.1, 0.15) is 11.1 Å². The SMILES string of the molecule is O=C(C=Cc1ccc(Sc2ccc(C=CC(=O)N(CCO)CCO)c(-c3ccc(Cl)cc3Cl)c2Cl)c(Cl)c1-c1ccc(Cl)cc1Cl)N(CCO)CCO. The van der Waals surface area contributed by atoms with Gasteiger partial charge in [0.15, 0.2) is 0 Å². The van der Waals surface area contributed by atoms with E-state index in [4.69, 9.17) is 69.6 Å². The van der Waals surface area contributed by atoms with Crippen molar-refractivity contribution in [1.29, 1.82) is 0 Å². The summed E-state index contributed by atoms with van der Waals surface area (Å²) in [7, 11) is 0. The van der Waals surface area contributed by atoms with Gasteiger partial charge in [0.2, 0.25) is 11.8 Å². The largest absolute Gasteiger partial charge is 0.395 e. The third kappa shape index (κ3) is 11.2. The Morgan fingerprint density at radius 3 is 1.23 bits per heavy atom. The standard InChI is InChI=1S/C38H34Cl6N2O6S/c39-25-5-7-27(29(41)21-25)35-23(3-11-33(51)45(13-17-47)14-18-48)1-9-31(37(35)43)53-32-10-2-24(4-12-34(52)46(15-19-49)16-20-50)36(38(32)44)28-8-6-26(40)22-30(28)42/h1-12,21-22,47-50H,13-20H2. The Morgan fingerprint density at radius 1 is 0.547 bits per heavy atom. The molecule has 0 aliphatic carbocycles. The zero-order chi connectivity index (χ0) is 38.7. The first-order valence-electron chi connectivity index (χ1n) is 16.0. The van der Waals surface area contributed by atoms with Crippen molar-refractivity contribution in [2.24, 2.45) is 0 Å². The molecule has 4 aromatic rings. The summed E-state index contributed by atoms with van der Waals surface area (Å²) in [5, 5.41) is 39.6. The Balaban J connectivity index is 1.84. The maximum absolute atomic E-state index is 12.9. The minimum Gasteiger partial charge on any atom is -0.395 e. The van der Waals surface area contributed by atoms with Crippen LogP contribution in [0, 0.1) is 0 Å². The van der Waals surface area contributed by atoms with Crippen molar-refractivity contribution >= 4 is 105 Å². The van der Waals surface area contributed by atoms with Gasteiger partial charge in [-0.2, -0.15) is 0 Å². The van der Waals surface area contributed by atoms with Gasteiger partial charge in [0, 0.05) is 90.5 Å². The number of aliphatic hydroxyl groups is 4. The molecule has 0 heterocycles. The molecule has 0 bridgehead atoms. The van der Waals surface area contributed by atoms with Gasteiger partial charge >= 0.3 is 0 Å². The second kappa shape index (κ2) is 20.8. The first kappa shape index (κ1) is 43.0. The van der Waals surface area contributed by atoms with Crippen molar-refractivity contribution in [1.82, 2.24) is 9.80 Å². The quantitative estimate of drug-likeness (QED) is 0.0832. The maximum atomic E-state index is 12.9. The highest BCUT2D eigenvalue weighted by molar-refractivity contribution is 7.99. The van der Waals surface area contributed by atoms with Crippen LogP contribution >= 0.6 is 81.4 Å². The number of amides is 2. The summed E-state index contributed by atoms with van der Waals surface area (Å²) < 4.78 is 0. The highest BCUT2D eigenvalue weighted by atomic mass is 35.5. The molecular weight excluding hydrogens is 825 g/mol. The van der Waals surface area contributed by atoms with E-state index >= 15 is 0 Å². The van der Waals surface area contributed by atoms with Gasteiger partial charge in [-0.3, -0.25) is 9.59 Å². The van der Waals surface area contributed by atoms with Crippen LogP contribution in [0.15, 0.2) is 82.6 Å². The fourth-order valence-corrected chi connectivity index (χ4v) is 7.99. The molecule has 0 radical (unpaired) electrons. The Hall–Kier alpha value is -2.77. The first-order chi connectivity index (χ1) is 25.4. The molecule has 0 atom stereocenters. The van der Waals surface area contributed by atoms with Gasteiger partial charge in [-0.25, -0.2) is 0 Å². The first-order valence-corrected chi connectivity index (χ1v) is 19.1. The lowest BCUT2D eigenvalue weighted by Crippen LogP contribution is -2.34. The summed E-state index contributed by atoms with van der Waals surface area (Å²) in [5.41, 5.74) is 3.27. The number of aliphatic hydroxyl groups excluding tert-OH is 4. The molecule has 0 spiro atoms. The highest BCUT2D eigenvalue weighted by Crippen LogP contribution is 2.48. The monoisotopic (exact) mass is 856 g/mol. The van der Waals surface area contributed by atoms with E-state index in [1.807, 2.05) is 0 Å². The summed E-state index contributed by atoms with van der Waals surface area (Å²) in [4.78, 5) is 29.7. The Morgan fingerprint density at radius 2 is 0.906 bits per heavy atom. The van der Waals surface area contributed by atoms with Crippen LogP contribution in [0.2, 0.25) is 30.1 Å². The molecule has 2 amide bonds. The van der Waals surface area contributed by atoms with E-state index < -0.39 is 11.8 Å². The van der Waals surface area contributed by atoms with Crippen LogP contribution in [0.4, 0.5) is 0 Å². The Bertz CT molecular complexity index is 1860. The molecule has 0 fully saturated rings. The molecule has 0 saturated carbocycles. The van der Waals surface area contributed by atoms with Crippen LogP contribution in [0.3, 0.4) is 0 Å².